The van der Waals surface area contributed by atoms with E-state index >= 15 is 0 Å². The molecular weight excluding hydrogens is 314 g/mol. The first kappa shape index (κ1) is 14.6. The van der Waals surface area contributed by atoms with Crippen LogP contribution in [-0.4, -0.2) is 18.7 Å². The molecule has 1 aromatic carbocycles. The Morgan fingerprint density at radius 3 is 2.65 bits per heavy atom. The van der Waals surface area contributed by atoms with E-state index < -0.39 is 0 Å². The lowest BCUT2D eigenvalue weighted by atomic mass is 9.97. The SMILES string of the molecule is Brc1cccc(C(CNC2CC2)OC2CCCCC2)c1. The predicted octanol–water partition coefficient (Wildman–Crippen LogP) is 4.59. The number of hydrogen-bond donors (Lipinski definition) is 1. The molecule has 0 bridgehead atoms. The number of hydrogen-bond acceptors (Lipinski definition) is 2. The standard InChI is InChI=1S/C17H24BrNO/c18-14-6-4-5-13(11-14)17(12-19-15-9-10-15)20-16-7-2-1-3-8-16/h4-6,11,15-17,19H,1-3,7-10,12H2. The highest BCUT2D eigenvalue weighted by Crippen LogP contribution is 2.29. The third-order valence-electron chi connectivity index (χ3n) is 4.30. The van der Waals surface area contributed by atoms with Crippen molar-refractivity contribution in [2.75, 3.05) is 6.54 Å². The van der Waals surface area contributed by atoms with Crippen molar-refractivity contribution in [3.8, 4) is 0 Å². The molecule has 0 amide bonds. The predicted molar refractivity (Wildman–Crippen MR) is 85.9 cm³/mol. The van der Waals surface area contributed by atoms with E-state index in [4.69, 9.17) is 4.74 Å². The van der Waals surface area contributed by atoms with Crippen molar-refractivity contribution in [3.05, 3.63) is 34.3 Å². The van der Waals surface area contributed by atoms with Crippen LogP contribution in [0.3, 0.4) is 0 Å². The average Bonchev–Trinajstić information content (AvgIpc) is 3.29. The van der Waals surface area contributed by atoms with Crippen LogP contribution in [0.15, 0.2) is 28.7 Å². The Labute approximate surface area is 130 Å². The van der Waals surface area contributed by atoms with Crippen molar-refractivity contribution in [1.82, 2.24) is 5.32 Å². The Bertz CT molecular complexity index is 427. The Morgan fingerprint density at radius 2 is 1.95 bits per heavy atom. The lowest BCUT2D eigenvalue weighted by molar-refractivity contribution is -0.0307. The maximum atomic E-state index is 6.43. The fourth-order valence-electron chi connectivity index (χ4n) is 2.95. The van der Waals surface area contributed by atoms with Crippen molar-refractivity contribution < 1.29 is 4.74 Å². The van der Waals surface area contributed by atoms with Gasteiger partial charge >= 0.3 is 0 Å². The summed E-state index contributed by atoms with van der Waals surface area (Å²) < 4.78 is 7.56. The van der Waals surface area contributed by atoms with Gasteiger partial charge < -0.3 is 10.1 Å². The fourth-order valence-corrected chi connectivity index (χ4v) is 3.36. The Morgan fingerprint density at radius 1 is 1.15 bits per heavy atom. The molecule has 1 atom stereocenters. The van der Waals surface area contributed by atoms with Gasteiger partial charge in [-0.2, -0.15) is 0 Å². The van der Waals surface area contributed by atoms with Crippen LogP contribution in [0.25, 0.3) is 0 Å². The third-order valence-corrected chi connectivity index (χ3v) is 4.79. The van der Waals surface area contributed by atoms with Crippen LogP contribution >= 0.6 is 15.9 Å². The monoisotopic (exact) mass is 337 g/mol. The van der Waals surface area contributed by atoms with Gasteiger partial charge in [-0.1, -0.05) is 47.3 Å². The zero-order valence-electron chi connectivity index (χ0n) is 12.0. The van der Waals surface area contributed by atoms with Gasteiger partial charge in [-0.25, -0.2) is 0 Å². The molecule has 110 valence electrons. The Hall–Kier alpha value is -0.380. The highest BCUT2D eigenvalue weighted by Gasteiger charge is 2.25. The molecule has 0 saturated heterocycles. The molecule has 0 aromatic heterocycles. The molecule has 3 rings (SSSR count). The first-order valence-electron chi connectivity index (χ1n) is 7.95. The number of benzene rings is 1. The highest BCUT2D eigenvalue weighted by molar-refractivity contribution is 9.10. The second-order valence-corrected chi connectivity index (χ2v) is 7.04. The van der Waals surface area contributed by atoms with Gasteiger partial charge in [0.2, 0.25) is 0 Å². The lowest BCUT2D eigenvalue weighted by Crippen LogP contribution is -2.29. The summed E-state index contributed by atoms with van der Waals surface area (Å²) in [5, 5.41) is 3.62. The van der Waals surface area contributed by atoms with Gasteiger partial charge in [0, 0.05) is 17.1 Å². The fraction of sp³-hybridized carbons (Fsp3) is 0.647. The van der Waals surface area contributed by atoms with Crippen molar-refractivity contribution in [3.63, 3.8) is 0 Å². The summed E-state index contributed by atoms with van der Waals surface area (Å²) in [6.45, 7) is 0.942. The molecule has 0 spiro atoms. The molecule has 2 saturated carbocycles. The van der Waals surface area contributed by atoms with Gasteiger partial charge in [0.05, 0.1) is 12.2 Å². The quantitative estimate of drug-likeness (QED) is 0.819. The smallest absolute Gasteiger partial charge is 0.0953 e. The Kier molecular flexibility index (Phi) is 5.14. The first-order valence-corrected chi connectivity index (χ1v) is 8.75. The van der Waals surface area contributed by atoms with Gasteiger partial charge in [-0.3, -0.25) is 0 Å². The van der Waals surface area contributed by atoms with Gasteiger partial charge in [-0.05, 0) is 43.4 Å². The Balaban J connectivity index is 1.64. The van der Waals surface area contributed by atoms with Crippen LogP contribution in [0.4, 0.5) is 0 Å². The largest absolute Gasteiger partial charge is 0.369 e. The molecular formula is C17H24BrNO. The van der Waals surface area contributed by atoms with Crippen molar-refractivity contribution in [2.45, 2.75) is 63.2 Å². The van der Waals surface area contributed by atoms with E-state index in [0.717, 1.165) is 17.1 Å². The molecule has 0 heterocycles. The lowest BCUT2D eigenvalue weighted by Gasteiger charge is -2.28. The molecule has 3 heteroatoms. The van der Waals surface area contributed by atoms with Gasteiger partial charge in [-0.15, -0.1) is 0 Å². The van der Waals surface area contributed by atoms with Gasteiger partial charge in [0.25, 0.3) is 0 Å². The summed E-state index contributed by atoms with van der Waals surface area (Å²) in [6.07, 6.45) is 9.79. The van der Waals surface area contributed by atoms with Crippen molar-refractivity contribution in [2.24, 2.45) is 0 Å². The maximum absolute atomic E-state index is 6.43. The number of rotatable bonds is 6. The van der Waals surface area contributed by atoms with Crippen LogP contribution in [0.2, 0.25) is 0 Å². The molecule has 1 aromatic rings. The van der Waals surface area contributed by atoms with Crippen LogP contribution in [0.5, 0.6) is 0 Å². The van der Waals surface area contributed by atoms with E-state index in [1.54, 1.807) is 0 Å². The minimum Gasteiger partial charge on any atom is -0.369 e. The summed E-state index contributed by atoms with van der Waals surface area (Å²) in [5.74, 6) is 0. The minimum absolute atomic E-state index is 0.191. The molecule has 0 aliphatic heterocycles. The zero-order valence-corrected chi connectivity index (χ0v) is 13.6. The van der Waals surface area contributed by atoms with E-state index in [1.807, 2.05) is 0 Å². The van der Waals surface area contributed by atoms with Crippen LogP contribution in [0.1, 0.15) is 56.6 Å². The summed E-state index contributed by atoms with van der Waals surface area (Å²) in [7, 11) is 0. The molecule has 0 radical (unpaired) electrons. The zero-order chi connectivity index (χ0) is 13.8. The van der Waals surface area contributed by atoms with Crippen LogP contribution < -0.4 is 5.32 Å². The van der Waals surface area contributed by atoms with E-state index in [1.165, 1.54) is 50.5 Å². The molecule has 2 fully saturated rings. The van der Waals surface area contributed by atoms with Crippen molar-refractivity contribution >= 4 is 15.9 Å². The average molecular weight is 338 g/mol. The van der Waals surface area contributed by atoms with E-state index in [-0.39, 0.29) is 6.10 Å². The topological polar surface area (TPSA) is 21.3 Å². The second-order valence-electron chi connectivity index (χ2n) is 6.12. The summed E-state index contributed by atoms with van der Waals surface area (Å²) in [4.78, 5) is 0. The molecule has 20 heavy (non-hydrogen) atoms. The molecule has 2 nitrogen and oxygen atoms in total. The summed E-state index contributed by atoms with van der Waals surface area (Å²) in [5.41, 5.74) is 1.29. The summed E-state index contributed by atoms with van der Waals surface area (Å²) >= 11 is 3.57. The van der Waals surface area contributed by atoms with E-state index in [0.29, 0.717) is 6.10 Å². The molecule has 1 N–H and O–H groups in total. The van der Waals surface area contributed by atoms with Crippen LogP contribution in [-0.2, 0) is 4.74 Å². The first-order chi connectivity index (χ1) is 9.81. The molecule has 2 aliphatic rings. The number of ether oxygens (including phenoxy) is 1. The third kappa shape index (κ3) is 4.31. The van der Waals surface area contributed by atoms with Gasteiger partial charge in [0.15, 0.2) is 0 Å². The van der Waals surface area contributed by atoms with Crippen molar-refractivity contribution in [1.29, 1.82) is 0 Å². The number of halogens is 1. The molecule has 1 unspecified atom stereocenters. The second kappa shape index (κ2) is 7.06. The minimum atomic E-state index is 0.191. The normalized spacial score (nSPS) is 21.9. The van der Waals surface area contributed by atoms with E-state index in [9.17, 15) is 0 Å². The highest BCUT2D eigenvalue weighted by atomic mass is 79.9. The van der Waals surface area contributed by atoms with Gasteiger partial charge in [0.1, 0.15) is 0 Å². The van der Waals surface area contributed by atoms with Crippen LogP contribution in [0, 0.1) is 0 Å². The van der Waals surface area contributed by atoms with E-state index in [2.05, 4.69) is 45.5 Å². The maximum Gasteiger partial charge on any atom is 0.0953 e. The summed E-state index contributed by atoms with van der Waals surface area (Å²) in [6, 6.07) is 9.30. The number of nitrogens with one attached hydrogen (secondary N) is 1. The molecule has 2 aliphatic carbocycles.